The van der Waals surface area contributed by atoms with Crippen LogP contribution >= 0.6 is 46.1 Å². The van der Waals surface area contributed by atoms with Crippen molar-refractivity contribution in [3.8, 4) is 11.1 Å². The van der Waals surface area contributed by atoms with Crippen molar-refractivity contribution in [2.24, 2.45) is 0 Å². The van der Waals surface area contributed by atoms with Crippen molar-refractivity contribution in [2.75, 3.05) is 0 Å². The Morgan fingerprint density at radius 2 is 1.73 bits per heavy atom. The molecule has 130 valence electrons. The largest absolute Gasteiger partial charge is 0.294 e. The van der Waals surface area contributed by atoms with Gasteiger partial charge < -0.3 is 0 Å². The number of nitrogens with zero attached hydrogens (tertiary/aromatic N) is 2. The Morgan fingerprint density at radius 1 is 1.00 bits per heavy atom. The van der Waals surface area contributed by atoms with Gasteiger partial charge in [0.05, 0.1) is 18.3 Å². The first-order chi connectivity index (χ1) is 12.5. The molecule has 0 saturated heterocycles. The first-order valence-electron chi connectivity index (χ1n) is 7.69. The van der Waals surface area contributed by atoms with Gasteiger partial charge in [0, 0.05) is 26.0 Å². The molecule has 4 rings (SSSR count). The summed E-state index contributed by atoms with van der Waals surface area (Å²) < 4.78 is 1.56. The van der Waals surface area contributed by atoms with Gasteiger partial charge in [-0.05, 0) is 35.4 Å². The molecule has 0 aliphatic carbocycles. The van der Waals surface area contributed by atoms with E-state index in [2.05, 4.69) is 4.98 Å². The van der Waals surface area contributed by atoms with Crippen LogP contribution in [-0.4, -0.2) is 9.55 Å². The summed E-state index contributed by atoms with van der Waals surface area (Å²) in [5, 5.41) is 4.28. The monoisotopic (exact) mass is 420 g/mol. The molecular formula is C19H11Cl3N2OS. The third-order valence-corrected chi connectivity index (χ3v) is 5.80. The second kappa shape index (κ2) is 7.05. The molecule has 2 heterocycles. The molecule has 3 nitrogen and oxygen atoms in total. The van der Waals surface area contributed by atoms with E-state index in [1.165, 1.54) is 11.3 Å². The summed E-state index contributed by atoms with van der Waals surface area (Å²) in [6.45, 7) is 0.327. The summed E-state index contributed by atoms with van der Waals surface area (Å²) in [5.74, 6) is 0. The minimum Gasteiger partial charge on any atom is -0.294 e. The van der Waals surface area contributed by atoms with E-state index in [9.17, 15) is 4.79 Å². The number of rotatable bonds is 3. The molecule has 0 aliphatic rings. The van der Waals surface area contributed by atoms with Gasteiger partial charge in [0.1, 0.15) is 4.83 Å². The molecule has 0 unspecified atom stereocenters. The van der Waals surface area contributed by atoms with Crippen LogP contribution in [0.1, 0.15) is 5.56 Å². The van der Waals surface area contributed by atoms with Crippen LogP contribution in [0.5, 0.6) is 0 Å². The quantitative estimate of drug-likeness (QED) is 0.398. The van der Waals surface area contributed by atoms with Crippen molar-refractivity contribution in [3.05, 3.63) is 85.2 Å². The van der Waals surface area contributed by atoms with Crippen molar-refractivity contribution in [3.63, 3.8) is 0 Å². The van der Waals surface area contributed by atoms with Crippen LogP contribution in [0, 0.1) is 0 Å². The highest BCUT2D eigenvalue weighted by Gasteiger charge is 2.14. The van der Waals surface area contributed by atoms with E-state index in [4.69, 9.17) is 34.8 Å². The minimum atomic E-state index is -0.104. The number of hydrogen-bond acceptors (Lipinski definition) is 3. The molecule has 0 fully saturated rings. The maximum atomic E-state index is 13.1. The van der Waals surface area contributed by atoms with Crippen LogP contribution in [0.4, 0.5) is 0 Å². The van der Waals surface area contributed by atoms with Crippen LogP contribution in [0.2, 0.25) is 15.1 Å². The van der Waals surface area contributed by atoms with Crippen LogP contribution < -0.4 is 5.56 Å². The summed E-state index contributed by atoms with van der Waals surface area (Å²) in [4.78, 5) is 18.2. The zero-order chi connectivity index (χ0) is 18.3. The Balaban J connectivity index is 1.82. The second-order valence-corrected chi connectivity index (χ2v) is 7.89. The van der Waals surface area contributed by atoms with Gasteiger partial charge in [-0.1, -0.05) is 53.0 Å². The van der Waals surface area contributed by atoms with Gasteiger partial charge in [-0.3, -0.25) is 9.36 Å². The lowest BCUT2D eigenvalue weighted by Crippen LogP contribution is -2.21. The van der Waals surface area contributed by atoms with Gasteiger partial charge in [-0.25, -0.2) is 4.98 Å². The van der Waals surface area contributed by atoms with E-state index in [1.807, 2.05) is 35.7 Å². The molecule has 0 spiro atoms. The Hall–Kier alpha value is -1.85. The fraction of sp³-hybridized carbons (Fsp3) is 0.0526. The van der Waals surface area contributed by atoms with Crippen molar-refractivity contribution in [2.45, 2.75) is 6.54 Å². The summed E-state index contributed by atoms with van der Waals surface area (Å²) in [5.41, 5.74) is 2.49. The molecule has 26 heavy (non-hydrogen) atoms. The Labute approximate surface area is 168 Å². The van der Waals surface area contributed by atoms with Gasteiger partial charge in [0.2, 0.25) is 0 Å². The highest BCUT2D eigenvalue weighted by molar-refractivity contribution is 7.17. The van der Waals surface area contributed by atoms with E-state index in [0.29, 0.717) is 31.8 Å². The van der Waals surface area contributed by atoms with Gasteiger partial charge in [0.25, 0.3) is 5.56 Å². The number of hydrogen-bond donors (Lipinski definition) is 0. The van der Waals surface area contributed by atoms with E-state index in [0.717, 1.165) is 16.7 Å². The fourth-order valence-electron chi connectivity index (χ4n) is 2.76. The zero-order valence-electron chi connectivity index (χ0n) is 13.2. The number of fused-ring (bicyclic) bond motifs is 1. The van der Waals surface area contributed by atoms with Crippen molar-refractivity contribution >= 4 is 56.4 Å². The standard InChI is InChI=1S/C19H11Cl3N2OS/c20-13-4-1-11(2-5-13)15-9-26-18-17(15)19(25)24(10-23-18)8-12-3-6-14(21)7-16(12)22/h1-7,9-10H,8H2. The topological polar surface area (TPSA) is 34.9 Å². The van der Waals surface area contributed by atoms with Crippen molar-refractivity contribution in [1.29, 1.82) is 0 Å². The number of aromatic nitrogens is 2. The third-order valence-electron chi connectivity index (χ3n) is 4.07. The SMILES string of the molecule is O=c1c2c(-c3ccc(Cl)cc3)csc2ncn1Cc1ccc(Cl)cc1Cl. The number of halogens is 3. The molecule has 0 amide bonds. The van der Waals surface area contributed by atoms with Crippen LogP contribution in [-0.2, 0) is 6.54 Å². The molecule has 0 atom stereocenters. The fourth-order valence-corrected chi connectivity index (χ4v) is 4.26. The molecule has 0 radical (unpaired) electrons. The van der Waals surface area contributed by atoms with Crippen LogP contribution in [0.3, 0.4) is 0 Å². The van der Waals surface area contributed by atoms with E-state index in [-0.39, 0.29) is 5.56 Å². The van der Waals surface area contributed by atoms with Gasteiger partial charge >= 0.3 is 0 Å². The first kappa shape index (κ1) is 17.6. The van der Waals surface area contributed by atoms with Crippen LogP contribution in [0.15, 0.2) is 59.0 Å². The Morgan fingerprint density at radius 3 is 2.46 bits per heavy atom. The number of benzene rings is 2. The van der Waals surface area contributed by atoms with Gasteiger partial charge in [-0.2, -0.15) is 0 Å². The van der Waals surface area contributed by atoms with E-state index in [1.54, 1.807) is 23.0 Å². The Kier molecular flexibility index (Phi) is 4.76. The predicted molar refractivity (Wildman–Crippen MR) is 110 cm³/mol. The molecule has 4 aromatic rings. The Bertz CT molecular complexity index is 1170. The molecule has 0 bridgehead atoms. The first-order valence-corrected chi connectivity index (χ1v) is 9.71. The lowest BCUT2D eigenvalue weighted by molar-refractivity contribution is 0.750. The summed E-state index contributed by atoms with van der Waals surface area (Å²) in [6.07, 6.45) is 1.55. The third kappa shape index (κ3) is 3.26. The van der Waals surface area contributed by atoms with Gasteiger partial charge in [-0.15, -0.1) is 11.3 Å². The average Bonchev–Trinajstić information content (AvgIpc) is 3.05. The van der Waals surface area contributed by atoms with Crippen molar-refractivity contribution < 1.29 is 0 Å². The molecule has 2 aromatic carbocycles. The zero-order valence-corrected chi connectivity index (χ0v) is 16.3. The summed E-state index contributed by atoms with van der Waals surface area (Å²) in [7, 11) is 0. The summed E-state index contributed by atoms with van der Waals surface area (Å²) >= 11 is 19.6. The molecule has 0 saturated carbocycles. The lowest BCUT2D eigenvalue weighted by atomic mass is 10.1. The van der Waals surface area contributed by atoms with Crippen molar-refractivity contribution in [1.82, 2.24) is 9.55 Å². The van der Waals surface area contributed by atoms with E-state index < -0.39 is 0 Å². The minimum absolute atomic E-state index is 0.104. The average molecular weight is 422 g/mol. The molecule has 0 aliphatic heterocycles. The predicted octanol–water partition coefficient (Wildman–Crippen LogP) is 6.13. The maximum absolute atomic E-state index is 13.1. The maximum Gasteiger partial charge on any atom is 0.263 e. The molecule has 0 N–H and O–H groups in total. The highest BCUT2D eigenvalue weighted by atomic mass is 35.5. The molecule has 2 aromatic heterocycles. The molecule has 7 heteroatoms. The number of thiophene rings is 1. The second-order valence-electron chi connectivity index (χ2n) is 5.75. The normalized spacial score (nSPS) is 11.2. The molecular weight excluding hydrogens is 411 g/mol. The van der Waals surface area contributed by atoms with Gasteiger partial charge in [0.15, 0.2) is 0 Å². The lowest BCUT2D eigenvalue weighted by Gasteiger charge is -2.08. The summed E-state index contributed by atoms with van der Waals surface area (Å²) in [6, 6.07) is 12.6. The smallest absolute Gasteiger partial charge is 0.263 e. The van der Waals surface area contributed by atoms with Crippen LogP contribution in [0.25, 0.3) is 21.3 Å². The highest BCUT2D eigenvalue weighted by Crippen LogP contribution is 2.31. The van der Waals surface area contributed by atoms with E-state index >= 15 is 0 Å².